The third kappa shape index (κ3) is 2.29. The second kappa shape index (κ2) is 5.44. The number of carbonyl (C=O) groups excluding carboxylic acids is 2. The molecule has 3 rings (SSSR count). The molecule has 2 aliphatic heterocycles. The first kappa shape index (κ1) is 14.0. The van der Waals surface area contributed by atoms with Crippen LogP contribution in [0.4, 0.5) is 4.39 Å². The van der Waals surface area contributed by atoms with E-state index in [0.29, 0.717) is 13.0 Å². The number of hydrogen-bond donors (Lipinski definition) is 1. The van der Waals surface area contributed by atoms with Crippen molar-refractivity contribution >= 4 is 11.8 Å². The van der Waals surface area contributed by atoms with Gasteiger partial charge >= 0.3 is 0 Å². The Morgan fingerprint density at radius 3 is 2.86 bits per heavy atom. The minimum Gasteiger partial charge on any atom is -0.375 e. The number of rotatable bonds is 2. The molecule has 112 valence electrons. The molecule has 3 atom stereocenters. The lowest BCUT2D eigenvalue weighted by atomic mass is 10.0. The lowest BCUT2D eigenvalue weighted by molar-refractivity contribution is -0.127. The van der Waals surface area contributed by atoms with Gasteiger partial charge in [-0.05, 0) is 18.6 Å². The van der Waals surface area contributed by atoms with Crippen molar-refractivity contribution in [2.24, 2.45) is 5.92 Å². The quantitative estimate of drug-likeness (QED) is 0.877. The first-order chi connectivity index (χ1) is 10.1. The number of nitrogens with zero attached hydrogens (tertiary/aromatic N) is 1. The van der Waals surface area contributed by atoms with Crippen molar-refractivity contribution in [2.75, 3.05) is 20.2 Å². The normalized spacial score (nSPS) is 27.5. The van der Waals surface area contributed by atoms with Gasteiger partial charge in [0.15, 0.2) is 0 Å². The molecule has 5 nitrogen and oxygen atoms in total. The predicted molar refractivity (Wildman–Crippen MR) is 73.1 cm³/mol. The number of halogens is 1. The fraction of sp³-hybridized carbons (Fsp3) is 0.467. The highest BCUT2D eigenvalue weighted by molar-refractivity contribution is 5.95. The van der Waals surface area contributed by atoms with Crippen LogP contribution in [-0.2, 0) is 9.53 Å². The Labute approximate surface area is 122 Å². The van der Waals surface area contributed by atoms with Gasteiger partial charge in [0, 0.05) is 20.2 Å². The van der Waals surface area contributed by atoms with Gasteiger partial charge in [-0.15, -0.1) is 0 Å². The van der Waals surface area contributed by atoms with E-state index in [-0.39, 0.29) is 36.1 Å². The number of nitrogens with one attached hydrogen (secondary N) is 1. The summed E-state index contributed by atoms with van der Waals surface area (Å²) in [5.41, 5.74) is 0.0423. The molecule has 0 saturated carbocycles. The van der Waals surface area contributed by atoms with Gasteiger partial charge < -0.3 is 15.0 Å². The SMILES string of the molecule is CNC(=O)[C@H]1CN(C(=O)c2ccccc2F)[C@@H]2CCO[C@H]12. The zero-order valence-electron chi connectivity index (χ0n) is 11.7. The van der Waals surface area contributed by atoms with Crippen LogP contribution in [0, 0.1) is 11.7 Å². The summed E-state index contributed by atoms with van der Waals surface area (Å²) >= 11 is 0. The van der Waals surface area contributed by atoms with Crippen LogP contribution in [0.2, 0.25) is 0 Å². The van der Waals surface area contributed by atoms with Crippen LogP contribution in [0.25, 0.3) is 0 Å². The molecule has 0 aromatic heterocycles. The summed E-state index contributed by atoms with van der Waals surface area (Å²) in [6.45, 7) is 0.784. The monoisotopic (exact) mass is 292 g/mol. The van der Waals surface area contributed by atoms with E-state index in [2.05, 4.69) is 5.32 Å². The second-order valence-electron chi connectivity index (χ2n) is 5.35. The van der Waals surface area contributed by atoms with Gasteiger partial charge in [-0.25, -0.2) is 4.39 Å². The van der Waals surface area contributed by atoms with Crippen molar-refractivity contribution < 1.29 is 18.7 Å². The molecule has 1 aromatic carbocycles. The lowest BCUT2D eigenvalue weighted by Gasteiger charge is -2.22. The molecule has 2 saturated heterocycles. The molecule has 0 spiro atoms. The molecule has 0 radical (unpaired) electrons. The van der Waals surface area contributed by atoms with Crippen molar-refractivity contribution in [3.05, 3.63) is 35.6 Å². The summed E-state index contributed by atoms with van der Waals surface area (Å²) in [5, 5.41) is 2.60. The van der Waals surface area contributed by atoms with Crippen LogP contribution in [0.1, 0.15) is 16.8 Å². The first-order valence-corrected chi connectivity index (χ1v) is 7.02. The molecule has 1 aromatic rings. The van der Waals surface area contributed by atoms with Crippen LogP contribution < -0.4 is 5.32 Å². The highest BCUT2D eigenvalue weighted by Crippen LogP contribution is 2.34. The number of hydrogen-bond acceptors (Lipinski definition) is 3. The number of ether oxygens (including phenoxy) is 1. The average Bonchev–Trinajstić information content (AvgIpc) is 3.08. The van der Waals surface area contributed by atoms with E-state index in [9.17, 15) is 14.0 Å². The fourth-order valence-electron chi connectivity index (χ4n) is 3.21. The fourth-order valence-corrected chi connectivity index (χ4v) is 3.21. The third-order valence-corrected chi connectivity index (χ3v) is 4.24. The molecule has 6 heteroatoms. The molecule has 2 aliphatic rings. The standard InChI is InChI=1S/C15H17FN2O3/c1-17-14(19)10-8-18(12-6-7-21-13(10)12)15(20)9-4-2-3-5-11(9)16/h2-5,10,12-13H,6-8H2,1H3,(H,17,19)/t10-,12+,13+/m0/s1. The van der Waals surface area contributed by atoms with Gasteiger partial charge in [0.1, 0.15) is 5.82 Å². The number of benzene rings is 1. The minimum absolute atomic E-state index is 0.0423. The van der Waals surface area contributed by atoms with E-state index < -0.39 is 11.7 Å². The Bertz CT molecular complexity index is 578. The molecule has 21 heavy (non-hydrogen) atoms. The summed E-state index contributed by atoms with van der Waals surface area (Å²) < 4.78 is 19.4. The van der Waals surface area contributed by atoms with E-state index in [0.717, 1.165) is 0 Å². The molecule has 0 unspecified atom stereocenters. The highest BCUT2D eigenvalue weighted by atomic mass is 19.1. The maximum atomic E-state index is 13.8. The lowest BCUT2D eigenvalue weighted by Crippen LogP contribution is -2.37. The molecular formula is C15H17FN2O3. The van der Waals surface area contributed by atoms with Gasteiger partial charge in [0.05, 0.1) is 23.6 Å². The topological polar surface area (TPSA) is 58.6 Å². The maximum Gasteiger partial charge on any atom is 0.257 e. The summed E-state index contributed by atoms with van der Waals surface area (Å²) in [5.74, 6) is -1.45. The second-order valence-corrected chi connectivity index (χ2v) is 5.35. The summed E-state index contributed by atoms with van der Waals surface area (Å²) in [6, 6.07) is 5.76. The summed E-state index contributed by atoms with van der Waals surface area (Å²) in [7, 11) is 1.56. The Morgan fingerprint density at radius 2 is 2.14 bits per heavy atom. The van der Waals surface area contributed by atoms with E-state index in [1.54, 1.807) is 24.1 Å². The number of fused-ring (bicyclic) bond motifs is 1. The van der Waals surface area contributed by atoms with Crippen molar-refractivity contribution in [3.63, 3.8) is 0 Å². The predicted octanol–water partition coefficient (Wildman–Crippen LogP) is 0.801. The van der Waals surface area contributed by atoms with Crippen molar-refractivity contribution in [1.82, 2.24) is 10.2 Å². The summed E-state index contributed by atoms with van der Waals surface area (Å²) in [6.07, 6.45) is 0.388. The Balaban J connectivity index is 1.87. The smallest absolute Gasteiger partial charge is 0.257 e. The van der Waals surface area contributed by atoms with Gasteiger partial charge in [-0.3, -0.25) is 9.59 Å². The first-order valence-electron chi connectivity index (χ1n) is 7.02. The zero-order valence-corrected chi connectivity index (χ0v) is 11.7. The van der Waals surface area contributed by atoms with Gasteiger partial charge in [0.2, 0.25) is 5.91 Å². The largest absolute Gasteiger partial charge is 0.375 e. The van der Waals surface area contributed by atoms with Crippen LogP contribution in [0.5, 0.6) is 0 Å². The van der Waals surface area contributed by atoms with Gasteiger partial charge in [-0.1, -0.05) is 12.1 Å². The van der Waals surface area contributed by atoms with E-state index in [4.69, 9.17) is 4.74 Å². The number of amides is 2. The number of likely N-dealkylation sites (tertiary alicyclic amines) is 1. The third-order valence-electron chi connectivity index (χ3n) is 4.24. The Kier molecular flexibility index (Phi) is 3.63. The van der Waals surface area contributed by atoms with Crippen molar-refractivity contribution in [3.8, 4) is 0 Å². The molecule has 1 N–H and O–H groups in total. The Morgan fingerprint density at radius 1 is 1.38 bits per heavy atom. The van der Waals surface area contributed by atoms with Crippen molar-refractivity contribution in [2.45, 2.75) is 18.6 Å². The average molecular weight is 292 g/mol. The number of carbonyl (C=O) groups is 2. The van der Waals surface area contributed by atoms with Crippen LogP contribution in [0.15, 0.2) is 24.3 Å². The van der Waals surface area contributed by atoms with Crippen LogP contribution in [-0.4, -0.2) is 49.1 Å². The summed E-state index contributed by atoms with van der Waals surface area (Å²) in [4.78, 5) is 26.1. The van der Waals surface area contributed by atoms with Crippen LogP contribution >= 0.6 is 0 Å². The molecule has 2 fully saturated rings. The van der Waals surface area contributed by atoms with Crippen molar-refractivity contribution in [1.29, 1.82) is 0 Å². The van der Waals surface area contributed by atoms with Gasteiger partial charge in [0.25, 0.3) is 5.91 Å². The molecule has 2 heterocycles. The molecular weight excluding hydrogens is 275 g/mol. The van der Waals surface area contributed by atoms with E-state index >= 15 is 0 Å². The Hall–Kier alpha value is -1.95. The van der Waals surface area contributed by atoms with E-state index in [1.165, 1.54) is 12.1 Å². The maximum absolute atomic E-state index is 13.8. The zero-order chi connectivity index (χ0) is 15.0. The minimum atomic E-state index is -0.540. The van der Waals surface area contributed by atoms with Crippen LogP contribution in [0.3, 0.4) is 0 Å². The molecule has 0 aliphatic carbocycles. The highest BCUT2D eigenvalue weighted by Gasteiger charge is 2.50. The van der Waals surface area contributed by atoms with E-state index in [1.807, 2.05) is 0 Å². The van der Waals surface area contributed by atoms with Gasteiger partial charge in [-0.2, -0.15) is 0 Å². The molecule has 0 bridgehead atoms. The molecule has 2 amide bonds.